The summed E-state index contributed by atoms with van der Waals surface area (Å²) < 4.78 is 10.7. The van der Waals surface area contributed by atoms with Gasteiger partial charge >= 0.3 is 0 Å². The number of nitrogens with one attached hydrogen (secondary N) is 1. The molecule has 0 bridgehead atoms. The number of hydrogen-bond donors (Lipinski definition) is 1. The predicted molar refractivity (Wildman–Crippen MR) is 89.7 cm³/mol. The molecular formula is C17H21NO2S. The number of benzene rings is 2. The van der Waals surface area contributed by atoms with Crippen molar-refractivity contribution >= 4 is 17.4 Å². The van der Waals surface area contributed by atoms with Crippen LogP contribution >= 0.6 is 11.8 Å². The Morgan fingerprint density at radius 3 is 2.57 bits per heavy atom. The van der Waals surface area contributed by atoms with E-state index in [0.29, 0.717) is 6.54 Å². The van der Waals surface area contributed by atoms with Crippen LogP contribution < -0.4 is 14.8 Å². The van der Waals surface area contributed by atoms with Crippen LogP contribution in [0, 0.1) is 0 Å². The largest absolute Gasteiger partial charge is 0.497 e. The van der Waals surface area contributed by atoms with Crippen LogP contribution in [0.4, 0.5) is 5.69 Å². The molecule has 0 unspecified atom stereocenters. The summed E-state index contributed by atoms with van der Waals surface area (Å²) in [5.41, 5.74) is 2.26. The summed E-state index contributed by atoms with van der Waals surface area (Å²) in [6, 6.07) is 14.2. The van der Waals surface area contributed by atoms with Crippen molar-refractivity contribution < 1.29 is 9.47 Å². The summed E-state index contributed by atoms with van der Waals surface area (Å²) in [5.74, 6) is 2.70. The Morgan fingerprint density at radius 2 is 1.86 bits per heavy atom. The van der Waals surface area contributed by atoms with E-state index in [1.165, 1.54) is 4.90 Å². The van der Waals surface area contributed by atoms with Crippen molar-refractivity contribution in [2.75, 3.05) is 25.3 Å². The van der Waals surface area contributed by atoms with E-state index in [4.69, 9.17) is 9.47 Å². The summed E-state index contributed by atoms with van der Waals surface area (Å²) in [5, 5.41) is 3.48. The van der Waals surface area contributed by atoms with Crippen molar-refractivity contribution in [3.63, 3.8) is 0 Å². The minimum Gasteiger partial charge on any atom is -0.497 e. The summed E-state index contributed by atoms with van der Waals surface area (Å²) in [6.07, 6.45) is 0. The third-order valence-corrected chi connectivity index (χ3v) is 4.11. The fourth-order valence-corrected chi connectivity index (χ4v) is 2.86. The quantitative estimate of drug-likeness (QED) is 0.767. The zero-order chi connectivity index (χ0) is 15.1. The number of ether oxygens (including phenoxy) is 2. The van der Waals surface area contributed by atoms with Gasteiger partial charge in [-0.25, -0.2) is 0 Å². The molecular weight excluding hydrogens is 282 g/mol. The smallest absolute Gasteiger partial charge is 0.127 e. The van der Waals surface area contributed by atoms with E-state index in [1.54, 1.807) is 14.2 Å². The highest BCUT2D eigenvalue weighted by Crippen LogP contribution is 2.29. The Hall–Kier alpha value is -1.81. The van der Waals surface area contributed by atoms with E-state index in [0.717, 1.165) is 28.5 Å². The molecule has 2 rings (SSSR count). The minimum absolute atomic E-state index is 0.717. The third-order valence-electron chi connectivity index (χ3n) is 3.15. The Balaban J connectivity index is 2.13. The van der Waals surface area contributed by atoms with Crippen LogP contribution in [0.2, 0.25) is 0 Å². The zero-order valence-corrected chi connectivity index (χ0v) is 13.5. The summed E-state index contributed by atoms with van der Waals surface area (Å²) in [4.78, 5) is 1.27. The molecule has 0 aliphatic carbocycles. The molecule has 0 saturated carbocycles. The van der Waals surface area contributed by atoms with Crippen LogP contribution in [0.3, 0.4) is 0 Å². The van der Waals surface area contributed by atoms with Crippen LogP contribution in [-0.4, -0.2) is 20.0 Å². The maximum Gasteiger partial charge on any atom is 0.127 e. The molecule has 112 valence electrons. The van der Waals surface area contributed by atoms with Crippen molar-refractivity contribution in [1.82, 2.24) is 0 Å². The molecule has 0 radical (unpaired) electrons. The Labute approximate surface area is 130 Å². The van der Waals surface area contributed by atoms with Crippen molar-refractivity contribution in [3.05, 3.63) is 48.0 Å². The molecule has 4 heteroatoms. The van der Waals surface area contributed by atoms with Gasteiger partial charge in [-0.05, 0) is 30.0 Å². The maximum absolute atomic E-state index is 5.43. The summed E-state index contributed by atoms with van der Waals surface area (Å²) >= 11 is 1.84. The number of rotatable bonds is 7. The van der Waals surface area contributed by atoms with Crippen LogP contribution in [0.15, 0.2) is 47.4 Å². The van der Waals surface area contributed by atoms with Crippen LogP contribution in [0.1, 0.15) is 12.5 Å². The monoisotopic (exact) mass is 303 g/mol. The van der Waals surface area contributed by atoms with Gasteiger partial charge < -0.3 is 14.8 Å². The molecule has 0 aliphatic rings. The van der Waals surface area contributed by atoms with E-state index in [1.807, 2.05) is 36.0 Å². The molecule has 0 saturated heterocycles. The highest BCUT2D eigenvalue weighted by atomic mass is 32.2. The Bertz CT molecular complexity index is 587. The van der Waals surface area contributed by atoms with E-state index >= 15 is 0 Å². The van der Waals surface area contributed by atoms with E-state index < -0.39 is 0 Å². The van der Waals surface area contributed by atoms with Gasteiger partial charge in [0.2, 0.25) is 0 Å². The first kappa shape index (κ1) is 15.6. The second-order valence-corrected chi connectivity index (χ2v) is 5.77. The third kappa shape index (κ3) is 4.08. The van der Waals surface area contributed by atoms with Gasteiger partial charge in [-0.3, -0.25) is 0 Å². The number of hydrogen-bond acceptors (Lipinski definition) is 4. The molecule has 0 aliphatic heterocycles. The lowest BCUT2D eigenvalue weighted by molar-refractivity contribution is 0.391. The molecule has 0 fully saturated rings. The van der Waals surface area contributed by atoms with E-state index in [2.05, 4.69) is 30.4 Å². The first-order chi connectivity index (χ1) is 10.3. The van der Waals surface area contributed by atoms with Crippen LogP contribution in [0.5, 0.6) is 11.5 Å². The number of methoxy groups -OCH3 is 2. The van der Waals surface area contributed by atoms with E-state index in [9.17, 15) is 0 Å². The van der Waals surface area contributed by atoms with Crippen molar-refractivity contribution in [3.8, 4) is 11.5 Å². The molecule has 0 amide bonds. The Kier molecular flexibility index (Phi) is 5.81. The highest BCUT2D eigenvalue weighted by molar-refractivity contribution is 7.99. The fraction of sp³-hybridized carbons (Fsp3) is 0.294. The zero-order valence-electron chi connectivity index (χ0n) is 12.7. The second kappa shape index (κ2) is 7.84. The first-order valence-electron chi connectivity index (χ1n) is 6.95. The summed E-state index contributed by atoms with van der Waals surface area (Å²) in [6.45, 7) is 2.88. The average molecular weight is 303 g/mol. The molecule has 0 aromatic heterocycles. The second-order valence-electron chi connectivity index (χ2n) is 4.46. The Morgan fingerprint density at radius 1 is 1.05 bits per heavy atom. The molecule has 0 heterocycles. The summed E-state index contributed by atoms with van der Waals surface area (Å²) in [7, 11) is 3.34. The van der Waals surface area contributed by atoms with Gasteiger partial charge in [0.1, 0.15) is 11.5 Å². The van der Waals surface area contributed by atoms with Gasteiger partial charge in [0.05, 0.1) is 14.2 Å². The molecule has 2 aromatic carbocycles. The molecule has 0 atom stereocenters. The standard InChI is InChI=1S/C17H21NO2S/c1-4-21-17-8-6-5-7-15(17)18-12-13-9-10-14(19-2)11-16(13)20-3/h5-11,18H,4,12H2,1-3H3. The highest BCUT2D eigenvalue weighted by Gasteiger charge is 2.06. The van der Waals surface area contributed by atoms with Crippen LogP contribution in [-0.2, 0) is 6.54 Å². The SMILES string of the molecule is CCSc1ccccc1NCc1ccc(OC)cc1OC. The van der Waals surface area contributed by atoms with Gasteiger partial charge in [0, 0.05) is 28.8 Å². The van der Waals surface area contributed by atoms with Crippen molar-refractivity contribution in [1.29, 1.82) is 0 Å². The van der Waals surface area contributed by atoms with E-state index in [-0.39, 0.29) is 0 Å². The van der Waals surface area contributed by atoms with Crippen LogP contribution in [0.25, 0.3) is 0 Å². The fourth-order valence-electron chi connectivity index (χ4n) is 2.08. The molecule has 0 spiro atoms. The molecule has 1 N–H and O–H groups in total. The van der Waals surface area contributed by atoms with Crippen molar-refractivity contribution in [2.45, 2.75) is 18.4 Å². The number of thioether (sulfide) groups is 1. The van der Waals surface area contributed by atoms with Gasteiger partial charge in [0.15, 0.2) is 0 Å². The molecule has 3 nitrogen and oxygen atoms in total. The molecule has 2 aromatic rings. The number of anilines is 1. The lowest BCUT2D eigenvalue weighted by atomic mass is 10.2. The topological polar surface area (TPSA) is 30.5 Å². The van der Waals surface area contributed by atoms with Gasteiger partial charge in [-0.15, -0.1) is 11.8 Å². The lowest BCUT2D eigenvalue weighted by Crippen LogP contribution is -2.03. The first-order valence-corrected chi connectivity index (χ1v) is 7.93. The molecule has 21 heavy (non-hydrogen) atoms. The normalized spacial score (nSPS) is 10.2. The average Bonchev–Trinajstić information content (AvgIpc) is 2.54. The lowest BCUT2D eigenvalue weighted by Gasteiger charge is -2.14. The van der Waals surface area contributed by atoms with Gasteiger partial charge in [0.25, 0.3) is 0 Å². The maximum atomic E-state index is 5.43. The van der Waals surface area contributed by atoms with Gasteiger partial charge in [-0.2, -0.15) is 0 Å². The minimum atomic E-state index is 0.717. The van der Waals surface area contributed by atoms with Crippen molar-refractivity contribution in [2.24, 2.45) is 0 Å². The predicted octanol–water partition coefficient (Wildman–Crippen LogP) is 4.43. The van der Waals surface area contributed by atoms with Gasteiger partial charge in [-0.1, -0.05) is 19.1 Å². The number of para-hydroxylation sites is 1.